The predicted octanol–water partition coefficient (Wildman–Crippen LogP) is -0.554. The number of para-hydroxylation sites is 2. The molecule has 0 radical (unpaired) electrons. The summed E-state index contributed by atoms with van der Waals surface area (Å²) >= 11 is 0. The fourth-order valence-corrected chi connectivity index (χ4v) is 1.93. The summed E-state index contributed by atoms with van der Waals surface area (Å²) in [5.74, 6) is 0. The first-order chi connectivity index (χ1) is 9.04. The molecule has 1 fully saturated rings. The summed E-state index contributed by atoms with van der Waals surface area (Å²) < 4.78 is 5.19. The number of anilines is 1. The molecule has 2 rings (SSSR count). The molecular formula is C11H14N2O6. The Labute approximate surface area is 108 Å². The average Bonchev–Trinajstić information content (AvgIpc) is 2.67. The number of hydrogen-bond donors (Lipinski definition) is 4. The lowest BCUT2D eigenvalue weighted by Crippen LogP contribution is -2.36. The van der Waals surface area contributed by atoms with Crippen molar-refractivity contribution in [1.82, 2.24) is 0 Å². The van der Waals surface area contributed by atoms with Gasteiger partial charge in [-0.1, -0.05) is 12.1 Å². The minimum Gasteiger partial charge on any atom is -0.394 e. The first kappa shape index (κ1) is 13.7. The van der Waals surface area contributed by atoms with Gasteiger partial charge < -0.3 is 25.4 Å². The molecule has 0 unspecified atom stereocenters. The van der Waals surface area contributed by atoms with Gasteiger partial charge >= 0.3 is 0 Å². The molecule has 4 atom stereocenters. The molecule has 0 amide bonds. The van der Waals surface area contributed by atoms with Crippen molar-refractivity contribution in [2.24, 2.45) is 0 Å². The Bertz CT molecular complexity index is 468. The standard InChI is InChI=1S/C11H14N2O6/c14-5-8-9(15)10(16)11(19-8)12-6-3-1-2-4-7(6)13(17)18/h1-4,8-12,14-16H,5H2/t8-,9-,10-,11-/m1/s1. The van der Waals surface area contributed by atoms with E-state index in [-0.39, 0.29) is 11.4 Å². The van der Waals surface area contributed by atoms with E-state index in [2.05, 4.69) is 5.32 Å². The molecule has 8 heteroatoms. The van der Waals surface area contributed by atoms with Gasteiger partial charge in [-0.3, -0.25) is 10.1 Å². The van der Waals surface area contributed by atoms with E-state index in [1.165, 1.54) is 18.2 Å². The molecule has 1 aliphatic rings. The normalized spacial score (nSPS) is 30.3. The van der Waals surface area contributed by atoms with E-state index >= 15 is 0 Å². The molecule has 1 aromatic carbocycles. The second-order valence-corrected chi connectivity index (χ2v) is 4.18. The van der Waals surface area contributed by atoms with Gasteiger partial charge in [0.25, 0.3) is 5.69 Å². The molecule has 0 saturated carbocycles. The Morgan fingerprint density at radius 2 is 2.00 bits per heavy atom. The highest BCUT2D eigenvalue weighted by atomic mass is 16.6. The van der Waals surface area contributed by atoms with Crippen molar-refractivity contribution < 1.29 is 25.0 Å². The minimum absolute atomic E-state index is 0.166. The number of aliphatic hydroxyl groups is 3. The number of nitrogens with one attached hydrogen (secondary N) is 1. The van der Waals surface area contributed by atoms with Crippen molar-refractivity contribution >= 4 is 11.4 Å². The SMILES string of the molecule is O=[N+]([O-])c1ccccc1N[C@@H]1O[C@H](CO)[C@@H](O)[C@H]1O. The molecule has 0 bridgehead atoms. The van der Waals surface area contributed by atoms with Crippen LogP contribution in [0.4, 0.5) is 11.4 Å². The Balaban J connectivity index is 2.16. The van der Waals surface area contributed by atoms with Crippen LogP contribution in [0.2, 0.25) is 0 Å². The number of ether oxygens (including phenoxy) is 1. The van der Waals surface area contributed by atoms with E-state index in [0.29, 0.717) is 0 Å². The summed E-state index contributed by atoms with van der Waals surface area (Å²) in [6, 6.07) is 5.88. The van der Waals surface area contributed by atoms with Crippen molar-refractivity contribution in [3.63, 3.8) is 0 Å². The Hall–Kier alpha value is -1.74. The third-order valence-corrected chi connectivity index (χ3v) is 2.94. The molecule has 19 heavy (non-hydrogen) atoms. The molecule has 1 aliphatic heterocycles. The van der Waals surface area contributed by atoms with Gasteiger partial charge in [-0.2, -0.15) is 0 Å². The van der Waals surface area contributed by atoms with E-state index in [4.69, 9.17) is 9.84 Å². The predicted molar refractivity (Wildman–Crippen MR) is 64.5 cm³/mol. The van der Waals surface area contributed by atoms with Crippen LogP contribution in [0.1, 0.15) is 0 Å². The summed E-state index contributed by atoms with van der Waals surface area (Å²) in [5, 5.41) is 41.7. The monoisotopic (exact) mass is 270 g/mol. The van der Waals surface area contributed by atoms with Crippen molar-refractivity contribution in [2.75, 3.05) is 11.9 Å². The molecule has 104 valence electrons. The van der Waals surface area contributed by atoms with E-state index < -0.39 is 36.1 Å². The Morgan fingerprint density at radius 3 is 2.58 bits per heavy atom. The first-order valence-corrected chi connectivity index (χ1v) is 5.67. The number of benzene rings is 1. The zero-order valence-electron chi connectivity index (χ0n) is 9.84. The molecule has 1 heterocycles. The lowest BCUT2D eigenvalue weighted by Gasteiger charge is -2.17. The van der Waals surface area contributed by atoms with Crippen LogP contribution in [0, 0.1) is 10.1 Å². The second-order valence-electron chi connectivity index (χ2n) is 4.18. The van der Waals surface area contributed by atoms with Crippen molar-refractivity contribution in [2.45, 2.75) is 24.5 Å². The van der Waals surface area contributed by atoms with E-state index in [1.807, 2.05) is 0 Å². The van der Waals surface area contributed by atoms with Crippen LogP contribution >= 0.6 is 0 Å². The average molecular weight is 270 g/mol. The summed E-state index contributed by atoms with van der Waals surface area (Å²) in [4.78, 5) is 10.3. The van der Waals surface area contributed by atoms with Gasteiger partial charge in [0.1, 0.15) is 24.0 Å². The van der Waals surface area contributed by atoms with Crippen LogP contribution in [0.5, 0.6) is 0 Å². The summed E-state index contributed by atoms with van der Waals surface area (Å²) in [6.07, 6.45) is -4.47. The highest BCUT2D eigenvalue weighted by molar-refractivity contribution is 5.61. The molecule has 8 nitrogen and oxygen atoms in total. The van der Waals surface area contributed by atoms with Crippen LogP contribution in [-0.4, -0.2) is 51.4 Å². The van der Waals surface area contributed by atoms with Gasteiger partial charge in [0.05, 0.1) is 11.5 Å². The maximum Gasteiger partial charge on any atom is 0.292 e. The van der Waals surface area contributed by atoms with Gasteiger partial charge in [-0.05, 0) is 6.07 Å². The molecule has 0 aliphatic carbocycles. The topological polar surface area (TPSA) is 125 Å². The van der Waals surface area contributed by atoms with Gasteiger partial charge in [0.15, 0.2) is 6.23 Å². The molecule has 1 aromatic rings. The molecule has 1 saturated heterocycles. The molecule has 0 spiro atoms. The number of nitro benzene ring substituents is 1. The molecule has 4 N–H and O–H groups in total. The van der Waals surface area contributed by atoms with Gasteiger partial charge in [0, 0.05) is 6.07 Å². The van der Waals surface area contributed by atoms with E-state index in [1.54, 1.807) is 6.07 Å². The maximum absolute atomic E-state index is 10.8. The zero-order chi connectivity index (χ0) is 14.0. The van der Waals surface area contributed by atoms with Crippen LogP contribution < -0.4 is 5.32 Å². The van der Waals surface area contributed by atoms with Crippen molar-refractivity contribution in [1.29, 1.82) is 0 Å². The fourth-order valence-electron chi connectivity index (χ4n) is 1.93. The van der Waals surface area contributed by atoms with E-state index in [9.17, 15) is 20.3 Å². The smallest absolute Gasteiger partial charge is 0.292 e. The molecular weight excluding hydrogens is 256 g/mol. The van der Waals surface area contributed by atoms with Gasteiger partial charge in [0.2, 0.25) is 0 Å². The fraction of sp³-hybridized carbons (Fsp3) is 0.455. The number of hydrogen-bond acceptors (Lipinski definition) is 7. The Kier molecular flexibility index (Phi) is 3.96. The van der Waals surface area contributed by atoms with Crippen LogP contribution in [0.3, 0.4) is 0 Å². The Morgan fingerprint density at radius 1 is 1.32 bits per heavy atom. The maximum atomic E-state index is 10.8. The van der Waals surface area contributed by atoms with E-state index in [0.717, 1.165) is 0 Å². The van der Waals surface area contributed by atoms with Crippen LogP contribution in [0.25, 0.3) is 0 Å². The second kappa shape index (κ2) is 5.49. The summed E-state index contributed by atoms with van der Waals surface area (Å²) in [5.41, 5.74) is 0.00239. The van der Waals surface area contributed by atoms with Crippen LogP contribution in [-0.2, 0) is 4.74 Å². The number of nitro groups is 1. The first-order valence-electron chi connectivity index (χ1n) is 5.67. The molecule has 0 aromatic heterocycles. The van der Waals surface area contributed by atoms with Gasteiger partial charge in [-0.15, -0.1) is 0 Å². The summed E-state index contributed by atoms with van der Waals surface area (Å²) in [7, 11) is 0. The number of nitrogens with zero attached hydrogens (tertiary/aromatic N) is 1. The number of aliphatic hydroxyl groups excluding tert-OH is 3. The highest BCUT2D eigenvalue weighted by Crippen LogP contribution is 2.28. The third kappa shape index (κ3) is 2.66. The van der Waals surface area contributed by atoms with Gasteiger partial charge in [-0.25, -0.2) is 0 Å². The zero-order valence-corrected chi connectivity index (χ0v) is 9.84. The quantitative estimate of drug-likeness (QED) is 0.427. The minimum atomic E-state index is -1.28. The lowest BCUT2D eigenvalue weighted by atomic mass is 10.1. The highest BCUT2D eigenvalue weighted by Gasteiger charge is 2.42. The number of rotatable bonds is 4. The largest absolute Gasteiger partial charge is 0.394 e. The summed E-state index contributed by atoms with van der Waals surface area (Å²) in [6.45, 7) is -0.451. The van der Waals surface area contributed by atoms with Crippen LogP contribution in [0.15, 0.2) is 24.3 Å². The lowest BCUT2D eigenvalue weighted by molar-refractivity contribution is -0.384. The third-order valence-electron chi connectivity index (χ3n) is 2.94. The van der Waals surface area contributed by atoms with Crippen molar-refractivity contribution in [3.8, 4) is 0 Å². The van der Waals surface area contributed by atoms with Crippen molar-refractivity contribution in [3.05, 3.63) is 34.4 Å².